The molecule has 0 saturated carbocycles. The number of imide groups is 1. The van der Waals surface area contributed by atoms with Gasteiger partial charge in [0.05, 0.1) is 11.8 Å². The van der Waals surface area contributed by atoms with Gasteiger partial charge in [-0.05, 0) is 43.7 Å². The minimum Gasteiger partial charge on any atom is -0.324 e. The topological polar surface area (TPSA) is 66.5 Å². The van der Waals surface area contributed by atoms with Gasteiger partial charge in [0.15, 0.2) is 0 Å². The van der Waals surface area contributed by atoms with Crippen LogP contribution in [0.2, 0.25) is 0 Å². The van der Waals surface area contributed by atoms with E-state index in [1.54, 1.807) is 0 Å². The molecular weight excluding hydrogens is 328 g/mol. The highest BCUT2D eigenvalue weighted by Crippen LogP contribution is 2.37. The maximum Gasteiger partial charge on any atom is 0.247 e. The second kappa shape index (κ2) is 7.44. The van der Waals surface area contributed by atoms with Gasteiger partial charge in [-0.1, -0.05) is 44.2 Å². The first-order chi connectivity index (χ1) is 12.4. The summed E-state index contributed by atoms with van der Waals surface area (Å²) in [7, 11) is 0. The van der Waals surface area contributed by atoms with E-state index in [1.807, 2.05) is 57.2 Å². The van der Waals surface area contributed by atoms with E-state index in [9.17, 15) is 14.4 Å². The Labute approximate surface area is 154 Å². The van der Waals surface area contributed by atoms with Gasteiger partial charge in [0.1, 0.15) is 6.04 Å². The summed E-state index contributed by atoms with van der Waals surface area (Å²) in [6, 6.07) is 6.74. The van der Waals surface area contributed by atoms with Gasteiger partial charge in [0, 0.05) is 5.69 Å². The molecular formula is C21H26N2O3. The smallest absolute Gasteiger partial charge is 0.247 e. The van der Waals surface area contributed by atoms with Crippen LogP contribution in [0.15, 0.2) is 36.4 Å². The van der Waals surface area contributed by atoms with Crippen LogP contribution in [0.1, 0.15) is 38.7 Å². The average molecular weight is 354 g/mol. The highest BCUT2D eigenvalue weighted by atomic mass is 16.2. The Kier molecular flexibility index (Phi) is 5.25. The Balaban J connectivity index is 1.86. The summed E-state index contributed by atoms with van der Waals surface area (Å²) < 4.78 is 0. The number of carbonyl (C=O) groups excluding carboxylic acids is 3. The molecule has 3 rings (SSSR count). The number of amides is 3. The van der Waals surface area contributed by atoms with Gasteiger partial charge in [-0.25, -0.2) is 0 Å². The second-order valence-electron chi connectivity index (χ2n) is 7.65. The lowest BCUT2D eigenvalue weighted by atomic mass is 9.85. The molecule has 5 nitrogen and oxygen atoms in total. The lowest BCUT2D eigenvalue weighted by Gasteiger charge is -2.27. The molecule has 5 heteroatoms. The molecule has 2 aliphatic rings. The van der Waals surface area contributed by atoms with Crippen molar-refractivity contribution >= 4 is 23.4 Å². The third kappa shape index (κ3) is 3.43. The number of nitrogens with zero attached hydrogens (tertiary/aromatic N) is 1. The van der Waals surface area contributed by atoms with Crippen molar-refractivity contribution in [2.75, 3.05) is 5.32 Å². The number of anilines is 1. The fraction of sp³-hybridized carbons (Fsp3) is 0.476. The van der Waals surface area contributed by atoms with Crippen molar-refractivity contribution in [2.45, 2.75) is 46.1 Å². The van der Waals surface area contributed by atoms with Crippen molar-refractivity contribution in [1.29, 1.82) is 0 Å². The zero-order chi connectivity index (χ0) is 18.8. The molecule has 1 aliphatic heterocycles. The van der Waals surface area contributed by atoms with Crippen LogP contribution in [0.5, 0.6) is 0 Å². The van der Waals surface area contributed by atoms with E-state index >= 15 is 0 Å². The lowest BCUT2D eigenvalue weighted by Crippen LogP contribution is -2.48. The molecule has 3 amide bonds. The summed E-state index contributed by atoms with van der Waals surface area (Å²) in [5.41, 5.74) is 1.66. The number of hydrogen-bond donors (Lipinski definition) is 1. The van der Waals surface area contributed by atoms with Crippen molar-refractivity contribution in [3.8, 4) is 0 Å². The zero-order valence-corrected chi connectivity index (χ0v) is 15.6. The van der Waals surface area contributed by atoms with Crippen molar-refractivity contribution in [3.05, 3.63) is 42.0 Å². The molecule has 3 unspecified atom stereocenters. The molecule has 1 aromatic carbocycles. The van der Waals surface area contributed by atoms with Gasteiger partial charge in [0.25, 0.3) is 0 Å². The first-order valence-corrected chi connectivity index (χ1v) is 9.28. The zero-order valence-electron chi connectivity index (χ0n) is 15.6. The van der Waals surface area contributed by atoms with E-state index in [-0.39, 0.29) is 35.5 Å². The van der Waals surface area contributed by atoms with Crippen LogP contribution in [0.3, 0.4) is 0 Å². The Morgan fingerprint density at radius 2 is 1.69 bits per heavy atom. The molecule has 1 saturated heterocycles. The summed E-state index contributed by atoms with van der Waals surface area (Å²) in [5.74, 6) is -1.13. The third-order valence-corrected chi connectivity index (χ3v) is 5.25. The molecule has 1 heterocycles. The second-order valence-corrected chi connectivity index (χ2v) is 7.65. The molecule has 0 bridgehead atoms. The highest BCUT2D eigenvalue weighted by molar-refractivity contribution is 6.10. The molecule has 3 atom stereocenters. The van der Waals surface area contributed by atoms with Crippen LogP contribution in [-0.2, 0) is 14.4 Å². The summed E-state index contributed by atoms with van der Waals surface area (Å²) in [6.45, 7) is 5.90. The number of benzene rings is 1. The lowest BCUT2D eigenvalue weighted by molar-refractivity contribution is -0.147. The normalized spacial score (nSPS) is 23.3. The maximum absolute atomic E-state index is 13.0. The first kappa shape index (κ1) is 18.4. The number of rotatable bonds is 5. The predicted octanol–water partition coefficient (Wildman–Crippen LogP) is 3.30. The van der Waals surface area contributed by atoms with Crippen molar-refractivity contribution in [2.24, 2.45) is 17.8 Å². The quantitative estimate of drug-likeness (QED) is 0.652. The van der Waals surface area contributed by atoms with E-state index in [4.69, 9.17) is 0 Å². The number of nitrogens with one attached hydrogen (secondary N) is 1. The fourth-order valence-electron chi connectivity index (χ4n) is 3.84. The van der Waals surface area contributed by atoms with E-state index < -0.39 is 6.04 Å². The number of hydrogen-bond acceptors (Lipinski definition) is 3. The maximum atomic E-state index is 13.0. The first-order valence-electron chi connectivity index (χ1n) is 9.28. The van der Waals surface area contributed by atoms with Gasteiger partial charge >= 0.3 is 0 Å². The number of allylic oxidation sites excluding steroid dienone is 2. The van der Waals surface area contributed by atoms with Crippen molar-refractivity contribution in [3.63, 3.8) is 0 Å². The minimum atomic E-state index is -0.764. The van der Waals surface area contributed by atoms with Gasteiger partial charge in [0.2, 0.25) is 17.7 Å². The number of likely N-dealkylation sites (tertiary alicyclic amines) is 1. The van der Waals surface area contributed by atoms with Gasteiger partial charge in [-0.3, -0.25) is 19.3 Å². The molecule has 26 heavy (non-hydrogen) atoms. The third-order valence-electron chi connectivity index (χ3n) is 5.25. The Bertz CT molecular complexity index is 727. The van der Waals surface area contributed by atoms with Crippen LogP contribution >= 0.6 is 0 Å². The number of para-hydroxylation sites is 1. The standard InChI is InChI=1S/C21H26N2O3/c1-13(2)12-18(19(24)22-17-11-7-4-8-14(17)3)23-20(25)15-9-5-6-10-16(15)21(23)26/h4-8,11,13,15-16,18H,9-10,12H2,1-3H3,(H,22,24). The van der Waals surface area contributed by atoms with E-state index in [0.717, 1.165) is 5.56 Å². The summed E-state index contributed by atoms with van der Waals surface area (Å²) in [6.07, 6.45) is 5.54. The number of aryl methyl sites for hydroxylation is 1. The summed E-state index contributed by atoms with van der Waals surface area (Å²) in [5, 5.41) is 2.91. The van der Waals surface area contributed by atoms with Gasteiger partial charge in [-0.2, -0.15) is 0 Å². The molecule has 1 aliphatic carbocycles. The molecule has 138 valence electrons. The van der Waals surface area contributed by atoms with Crippen LogP contribution in [-0.4, -0.2) is 28.7 Å². The van der Waals surface area contributed by atoms with Crippen LogP contribution in [0.25, 0.3) is 0 Å². The van der Waals surface area contributed by atoms with Crippen LogP contribution in [0, 0.1) is 24.7 Å². The Morgan fingerprint density at radius 1 is 1.12 bits per heavy atom. The average Bonchev–Trinajstić information content (AvgIpc) is 2.86. The van der Waals surface area contributed by atoms with Gasteiger partial charge in [-0.15, -0.1) is 0 Å². The molecule has 0 radical (unpaired) electrons. The van der Waals surface area contributed by atoms with Crippen LogP contribution < -0.4 is 5.32 Å². The summed E-state index contributed by atoms with van der Waals surface area (Å²) >= 11 is 0. The highest BCUT2D eigenvalue weighted by Gasteiger charge is 2.51. The fourth-order valence-corrected chi connectivity index (χ4v) is 3.84. The monoisotopic (exact) mass is 354 g/mol. The van der Waals surface area contributed by atoms with E-state index in [2.05, 4.69) is 5.32 Å². The predicted molar refractivity (Wildman–Crippen MR) is 100 cm³/mol. The Morgan fingerprint density at radius 3 is 2.23 bits per heavy atom. The molecule has 0 aromatic heterocycles. The van der Waals surface area contributed by atoms with Crippen molar-refractivity contribution < 1.29 is 14.4 Å². The van der Waals surface area contributed by atoms with E-state index in [1.165, 1.54) is 4.90 Å². The van der Waals surface area contributed by atoms with Crippen LogP contribution in [0.4, 0.5) is 5.69 Å². The summed E-state index contributed by atoms with van der Waals surface area (Å²) in [4.78, 5) is 40.0. The molecule has 0 spiro atoms. The molecule has 1 aromatic rings. The molecule has 1 N–H and O–H groups in total. The van der Waals surface area contributed by atoms with E-state index in [0.29, 0.717) is 24.9 Å². The van der Waals surface area contributed by atoms with Crippen molar-refractivity contribution in [1.82, 2.24) is 4.90 Å². The van der Waals surface area contributed by atoms with Gasteiger partial charge < -0.3 is 5.32 Å². The minimum absolute atomic E-state index is 0.184. The number of carbonyl (C=O) groups is 3. The number of fused-ring (bicyclic) bond motifs is 1. The Hall–Kier alpha value is -2.43. The largest absolute Gasteiger partial charge is 0.324 e. The molecule has 1 fully saturated rings. The SMILES string of the molecule is Cc1ccccc1NC(=O)C(CC(C)C)N1C(=O)C2CC=CCC2C1=O.